The molecule has 0 saturated heterocycles. The van der Waals surface area contributed by atoms with Gasteiger partial charge in [-0.1, -0.05) is 0 Å². The van der Waals surface area contributed by atoms with Crippen LogP contribution in [0.15, 0.2) is 0 Å². The summed E-state index contributed by atoms with van der Waals surface area (Å²) < 4.78 is 0. The maximum atomic E-state index is 10.5. The van der Waals surface area contributed by atoms with Gasteiger partial charge in [-0.3, -0.25) is 10.0 Å². The fourth-order valence-corrected chi connectivity index (χ4v) is 0.552. The van der Waals surface area contributed by atoms with Crippen molar-refractivity contribution in [2.45, 2.75) is 18.9 Å². The Bertz CT molecular complexity index is 107. The Morgan fingerprint density at radius 3 is 2.70 bits per heavy atom. The molecule has 0 aromatic rings. The van der Waals surface area contributed by atoms with Crippen molar-refractivity contribution < 1.29 is 10.0 Å². The molecule has 6 N–H and O–H groups in total. The first kappa shape index (κ1) is 9.35. The van der Waals surface area contributed by atoms with E-state index in [2.05, 4.69) is 0 Å². The number of rotatable bonds is 4. The highest BCUT2D eigenvalue weighted by atomic mass is 16.5. The monoisotopic (exact) mass is 147 g/mol. The average molecular weight is 147 g/mol. The molecule has 0 saturated carbocycles. The standard InChI is InChI=1S/C5H13N3O2/c6-3-1-2-4(7)5(9)8-10/h4,10H,1-3,6-7H2,(H,8,9)/t4-/m1/s1. The lowest BCUT2D eigenvalue weighted by atomic mass is 10.1. The summed E-state index contributed by atoms with van der Waals surface area (Å²) in [4.78, 5) is 10.5. The summed E-state index contributed by atoms with van der Waals surface area (Å²) in [7, 11) is 0. The van der Waals surface area contributed by atoms with E-state index in [9.17, 15) is 4.79 Å². The molecule has 0 radical (unpaired) electrons. The van der Waals surface area contributed by atoms with E-state index in [1.165, 1.54) is 5.48 Å². The number of hydrogen-bond acceptors (Lipinski definition) is 4. The van der Waals surface area contributed by atoms with Crippen LogP contribution in [0.5, 0.6) is 0 Å². The van der Waals surface area contributed by atoms with Gasteiger partial charge in [-0.15, -0.1) is 0 Å². The molecule has 0 aliphatic carbocycles. The molecular weight excluding hydrogens is 134 g/mol. The van der Waals surface area contributed by atoms with Gasteiger partial charge in [0.1, 0.15) is 0 Å². The Morgan fingerprint density at radius 2 is 2.30 bits per heavy atom. The van der Waals surface area contributed by atoms with Crippen molar-refractivity contribution in [3.8, 4) is 0 Å². The van der Waals surface area contributed by atoms with Gasteiger partial charge >= 0.3 is 0 Å². The molecule has 0 aromatic heterocycles. The third-order valence-corrected chi connectivity index (χ3v) is 1.17. The highest BCUT2D eigenvalue weighted by Gasteiger charge is 2.10. The lowest BCUT2D eigenvalue weighted by Crippen LogP contribution is -2.39. The van der Waals surface area contributed by atoms with Crippen molar-refractivity contribution in [3.63, 3.8) is 0 Å². The molecule has 0 bridgehead atoms. The van der Waals surface area contributed by atoms with E-state index in [-0.39, 0.29) is 0 Å². The molecule has 1 atom stereocenters. The van der Waals surface area contributed by atoms with Gasteiger partial charge in [0.15, 0.2) is 0 Å². The topological polar surface area (TPSA) is 101 Å². The van der Waals surface area contributed by atoms with Gasteiger partial charge in [0.25, 0.3) is 5.91 Å². The van der Waals surface area contributed by atoms with Crippen LogP contribution in [0.2, 0.25) is 0 Å². The van der Waals surface area contributed by atoms with Crippen LogP contribution >= 0.6 is 0 Å². The van der Waals surface area contributed by atoms with Crippen LogP contribution in [0.3, 0.4) is 0 Å². The van der Waals surface area contributed by atoms with E-state index in [0.29, 0.717) is 19.4 Å². The number of hydroxylamine groups is 1. The van der Waals surface area contributed by atoms with Crippen molar-refractivity contribution in [2.75, 3.05) is 6.54 Å². The van der Waals surface area contributed by atoms with Crippen LogP contribution in [0.25, 0.3) is 0 Å². The maximum absolute atomic E-state index is 10.5. The summed E-state index contributed by atoms with van der Waals surface area (Å²) in [6.07, 6.45) is 1.19. The molecule has 0 spiro atoms. The molecule has 10 heavy (non-hydrogen) atoms. The molecular formula is C5H13N3O2. The Hall–Kier alpha value is -0.650. The molecule has 0 aliphatic rings. The van der Waals surface area contributed by atoms with Gasteiger partial charge in [-0.2, -0.15) is 0 Å². The van der Waals surface area contributed by atoms with E-state index in [4.69, 9.17) is 16.7 Å². The first-order valence-corrected chi connectivity index (χ1v) is 3.12. The normalized spacial score (nSPS) is 12.7. The molecule has 0 heterocycles. The fraction of sp³-hybridized carbons (Fsp3) is 0.800. The third-order valence-electron chi connectivity index (χ3n) is 1.17. The van der Waals surface area contributed by atoms with E-state index in [1.54, 1.807) is 0 Å². The molecule has 5 nitrogen and oxygen atoms in total. The van der Waals surface area contributed by atoms with Gasteiger partial charge in [0.2, 0.25) is 0 Å². The Kier molecular flexibility index (Phi) is 4.82. The number of nitrogens with two attached hydrogens (primary N) is 2. The zero-order valence-electron chi connectivity index (χ0n) is 5.71. The van der Waals surface area contributed by atoms with Crippen molar-refractivity contribution >= 4 is 5.91 Å². The molecule has 60 valence electrons. The van der Waals surface area contributed by atoms with Crippen molar-refractivity contribution in [2.24, 2.45) is 11.5 Å². The van der Waals surface area contributed by atoms with Gasteiger partial charge in [-0.25, -0.2) is 5.48 Å². The number of hydrogen-bond donors (Lipinski definition) is 4. The number of carbonyl (C=O) groups excluding carboxylic acids is 1. The van der Waals surface area contributed by atoms with Crippen LogP contribution in [0, 0.1) is 0 Å². The largest absolute Gasteiger partial charge is 0.330 e. The molecule has 0 fully saturated rings. The van der Waals surface area contributed by atoms with Crippen LogP contribution in [0.4, 0.5) is 0 Å². The second-order valence-electron chi connectivity index (χ2n) is 2.01. The predicted octanol–water partition coefficient (Wildman–Crippen LogP) is -1.44. The first-order valence-electron chi connectivity index (χ1n) is 3.12. The number of amides is 1. The molecule has 0 aliphatic heterocycles. The van der Waals surface area contributed by atoms with Gasteiger partial charge in [-0.05, 0) is 19.4 Å². The maximum Gasteiger partial charge on any atom is 0.260 e. The summed E-state index contributed by atoms with van der Waals surface area (Å²) in [6.45, 7) is 0.506. The summed E-state index contributed by atoms with van der Waals surface area (Å²) in [5.41, 5.74) is 11.9. The van der Waals surface area contributed by atoms with Crippen LogP contribution in [0.1, 0.15) is 12.8 Å². The van der Waals surface area contributed by atoms with E-state index < -0.39 is 11.9 Å². The zero-order chi connectivity index (χ0) is 7.98. The highest BCUT2D eigenvalue weighted by Crippen LogP contribution is 1.91. The lowest BCUT2D eigenvalue weighted by Gasteiger charge is -2.06. The zero-order valence-corrected chi connectivity index (χ0v) is 5.71. The molecule has 0 unspecified atom stereocenters. The van der Waals surface area contributed by atoms with Crippen LogP contribution < -0.4 is 16.9 Å². The summed E-state index contributed by atoms with van der Waals surface area (Å²) in [5, 5.41) is 8.09. The SMILES string of the molecule is NCCC[C@@H](N)C(=O)NO. The van der Waals surface area contributed by atoms with Crippen molar-refractivity contribution in [1.29, 1.82) is 0 Å². The lowest BCUT2D eigenvalue weighted by molar-refractivity contribution is -0.130. The third kappa shape index (κ3) is 3.39. The van der Waals surface area contributed by atoms with Crippen LogP contribution in [-0.4, -0.2) is 23.7 Å². The Morgan fingerprint density at radius 1 is 1.70 bits per heavy atom. The Labute approximate surface area is 59.3 Å². The smallest absolute Gasteiger partial charge is 0.260 e. The summed E-state index contributed by atoms with van der Waals surface area (Å²) in [5.74, 6) is -0.562. The molecule has 1 amide bonds. The highest BCUT2D eigenvalue weighted by molar-refractivity contribution is 5.80. The minimum atomic E-state index is -0.645. The number of carbonyl (C=O) groups is 1. The summed E-state index contributed by atoms with van der Waals surface area (Å²) >= 11 is 0. The summed E-state index contributed by atoms with van der Waals surface area (Å²) in [6, 6.07) is -0.645. The second kappa shape index (κ2) is 5.16. The first-order chi connectivity index (χ1) is 4.72. The van der Waals surface area contributed by atoms with E-state index >= 15 is 0 Å². The van der Waals surface area contributed by atoms with Crippen molar-refractivity contribution in [3.05, 3.63) is 0 Å². The van der Waals surface area contributed by atoms with E-state index in [1.807, 2.05) is 0 Å². The van der Waals surface area contributed by atoms with Gasteiger partial charge in [0.05, 0.1) is 6.04 Å². The number of nitrogens with one attached hydrogen (secondary N) is 1. The quantitative estimate of drug-likeness (QED) is 0.289. The van der Waals surface area contributed by atoms with Gasteiger partial charge < -0.3 is 11.5 Å². The average Bonchev–Trinajstić information content (AvgIpc) is 1.98. The predicted molar refractivity (Wildman–Crippen MR) is 36.2 cm³/mol. The van der Waals surface area contributed by atoms with E-state index in [0.717, 1.165) is 0 Å². The molecule has 5 heteroatoms. The van der Waals surface area contributed by atoms with Crippen LogP contribution in [-0.2, 0) is 4.79 Å². The molecule has 0 rings (SSSR count). The van der Waals surface area contributed by atoms with Crippen molar-refractivity contribution in [1.82, 2.24) is 5.48 Å². The van der Waals surface area contributed by atoms with Gasteiger partial charge in [0, 0.05) is 0 Å². The minimum absolute atomic E-state index is 0.503. The minimum Gasteiger partial charge on any atom is -0.330 e. The Balaban J connectivity index is 3.41. The fourth-order valence-electron chi connectivity index (χ4n) is 0.552. The molecule has 0 aromatic carbocycles. The second-order valence-corrected chi connectivity index (χ2v) is 2.01.